The first kappa shape index (κ1) is 24.5. The molecule has 178 valence electrons. The minimum Gasteiger partial charge on any atom is -0.434 e. The van der Waals surface area contributed by atoms with Crippen molar-refractivity contribution >= 4 is 21.6 Å². The third-order valence-corrected chi connectivity index (χ3v) is 7.51. The van der Waals surface area contributed by atoms with Gasteiger partial charge in [-0.2, -0.15) is 13.1 Å². The summed E-state index contributed by atoms with van der Waals surface area (Å²) in [4.78, 5) is 22.8. The normalized spacial score (nSPS) is 15.4. The molecule has 9 nitrogen and oxygen atoms in total. The van der Waals surface area contributed by atoms with Gasteiger partial charge in [-0.15, -0.1) is 0 Å². The van der Waals surface area contributed by atoms with Crippen LogP contribution in [0.5, 0.6) is 5.75 Å². The molecular formula is C21H23F2N3O6S. The minimum absolute atomic E-state index is 0.00683. The lowest BCUT2D eigenvalue weighted by Crippen LogP contribution is -2.43. The number of piperidine rings is 1. The lowest BCUT2D eigenvalue weighted by atomic mass is 9.97. The van der Waals surface area contributed by atoms with Crippen LogP contribution < -0.4 is 10.1 Å². The van der Waals surface area contributed by atoms with E-state index in [1.165, 1.54) is 22.5 Å². The molecule has 1 saturated heterocycles. The molecule has 1 heterocycles. The third kappa shape index (κ3) is 5.82. The Morgan fingerprint density at radius 2 is 1.91 bits per heavy atom. The van der Waals surface area contributed by atoms with Crippen LogP contribution in [0.1, 0.15) is 24.0 Å². The van der Waals surface area contributed by atoms with Gasteiger partial charge in [0.2, 0.25) is 15.9 Å². The van der Waals surface area contributed by atoms with E-state index in [4.69, 9.17) is 0 Å². The van der Waals surface area contributed by atoms with Crippen LogP contribution in [0, 0.1) is 23.0 Å². The topological polar surface area (TPSA) is 119 Å². The van der Waals surface area contributed by atoms with Gasteiger partial charge in [0.1, 0.15) is 5.75 Å². The molecule has 0 aliphatic carbocycles. The summed E-state index contributed by atoms with van der Waals surface area (Å²) in [6, 6.07) is 9.81. The van der Waals surface area contributed by atoms with Crippen LogP contribution >= 0.6 is 0 Å². The van der Waals surface area contributed by atoms with Crippen molar-refractivity contribution in [3.05, 3.63) is 63.7 Å². The quantitative estimate of drug-likeness (QED) is 0.455. The van der Waals surface area contributed by atoms with Gasteiger partial charge in [-0.05, 0) is 31.4 Å². The molecule has 2 aromatic carbocycles. The van der Waals surface area contributed by atoms with Crippen LogP contribution in [-0.4, -0.2) is 43.3 Å². The summed E-state index contributed by atoms with van der Waals surface area (Å²) in [7, 11) is -3.96. The molecule has 1 aliphatic rings. The predicted molar refractivity (Wildman–Crippen MR) is 114 cm³/mol. The van der Waals surface area contributed by atoms with Gasteiger partial charge in [0.25, 0.3) is 5.69 Å². The highest BCUT2D eigenvalue weighted by Gasteiger charge is 2.33. The van der Waals surface area contributed by atoms with E-state index in [0.717, 1.165) is 6.07 Å². The molecule has 1 aliphatic heterocycles. The summed E-state index contributed by atoms with van der Waals surface area (Å²) in [5.74, 6) is -0.794. The fourth-order valence-corrected chi connectivity index (χ4v) is 5.38. The Kier molecular flexibility index (Phi) is 7.59. The van der Waals surface area contributed by atoms with Gasteiger partial charge in [-0.1, -0.05) is 24.3 Å². The number of amides is 1. The number of nitrogens with zero attached hydrogens (tertiary/aromatic N) is 2. The van der Waals surface area contributed by atoms with Gasteiger partial charge in [0.15, 0.2) is 0 Å². The molecule has 33 heavy (non-hydrogen) atoms. The number of nitrogens with one attached hydrogen (secondary N) is 1. The highest BCUT2D eigenvalue weighted by atomic mass is 32.2. The third-order valence-electron chi connectivity index (χ3n) is 5.47. The maximum atomic E-state index is 13.0. The van der Waals surface area contributed by atoms with Crippen LogP contribution in [0.15, 0.2) is 47.4 Å². The van der Waals surface area contributed by atoms with Gasteiger partial charge < -0.3 is 10.1 Å². The van der Waals surface area contributed by atoms with Crippen molar-refractivity contribution in [2.24, 2.45) is 5.92 Å². The first-order chi connectivity index (χ1) is 15.6. The Morgan fingerprint density at radius 3 is 2.55 bits per heavy atom. The number of ether oxygens (including phenoxy) is 1. The zero-order valence-corrected chi connectivity index (χ0v) is 18.6. The number of rotatable bonds is 8. The number of benzene rings is 2. The summed E-state index contributed by atoms with van der Waals surface area (Å²) in [5, 5.41) is 13.7. The molecule has 2 aromatic rings. The number of sulfonamides is 1. The Labute approximate surface area is 189 Å². The van der Waals surface area contributed by atoms with E-state index in [0.29, 0.717) is 11.1 Å². The molecule has 0 radical (unpaired) electrons. The molecule has 1 amide bonds. The van der Waals surface area contributed by atoms with E-state index in [1.54, 1.807) is 25.1 Å². The number of aryl methyl sites for hydroxylation is 1. The van der Waals surface area contributed by atoms with E-state index < -0.39 is 27.5 Å². The number of non-ortho nitro benzene ring substituents is 1. The molecule has 0 spiro atoms. The second-order valence-corrected chi connectivity index (χ2v) is 9.50. The SMILES string of the molecule is Cc1ccc([N+](=O)[O-])cc1S(=O)(=O)N1CCC(C(=O)NCc2ccccc2OC(F)F)CC1. The van der Waals surface area contributed by atoms with Crippen molar-refractivity contribution in [3.8, 4) is 5.75 Å². The van der Waals surface area contributed by atoms with E-state index in [2.05, 4.69) is 10.1 Å². The number of hydrogen-bond acceptors (Lipinski definition) is 6. The summed E-state index contributed by atoms with van der Waals surface area (Å²) < 4.78 is 56.8. The number of halogens is 2. The van der Waals surface area contributed by atoms with Gasteiger partial charge >= 0.3 is 6.61 Å². The van der Waals surface area contributed by atoms with E-state index in [1.807, 2.05) is 0 Å². The second kappa shape index (κ2) is 10.2. The smallest absolute Gasteiger partial charge is 0.387 e. The van der Waals surface area contributed by atoms with Crippen molar-refractivity contribution in [2.45, 2.75) is 37.8 Å². The molecule has 3 rings (SSSR count). The summed E-state index contributed by atoms with van der Waals surface area (Å²) in [5.41, 5.74) is 0.474. The van der Waals surface area contributed by atoms with Crippen LogP contribution in [0.2, 0.25) is 0 Å². The predicted octanol–water partition coefficient (Wildman–Crippen LogP) is 3.22. The molecule has 0 atom stereocenters. The molecule has 0 saturated carbocycles. The number of nitro groups is 1. The summed E-state index contributed by atoms with van der Waals surface area (Å²) in [6.45, 7) is -1.27. The Morgan fingerprint density at radius 1 is 1.24 bits per heavy atom. The van der Waals surface area contributed by atoms with E-state index in [-0.39, 0.29) is 54.7 Å². The molecule has 1 fully saturated rings. The van der Waals surface area contributed by atoms with Crippen molar-refractivity contribution < 1.29 is 31.7 Å². The number of carbonyl (C=O) groups excluding carboxylic acids is 1. The summed E-state index contributed by atoms with van der Waals surface area (Å²) in [6.07, 6.45) is 0.516. The average Bonchev–Trinajstić information content (AvgIpc) is 2.78. The standard InChI is InChI=1S/C21H23F2N3O6S/c1-14-6-7-17(26(28)29)12-19(14)33(30,31)25-10-8-15(9-11-25)20(27)24-13-16-4-2-3-5-18(16)32-21(22)23/h2-7,12,15,21H,8-11,13H2,1H3,(H,24,27). The van der Waals surface area contributed by atoms with Crippen molar-refractivity contribution in [1.82, 2.24) is 9.62 Å². The largest absolute Gasteiger partial charge is 0.434 e. The fraction of sp³-hybridized carbons (Fsp3) is 0.381. The van der Waals surface area contributed by atoms with Crippen molar-refractivity contribution in [1.29, 1.82) is 0 Å². The maximum absolute atomic E-state index is 13.0. The molecule has 1 N–H and O–H groups in total. The van der Waals surface area contributed by atoms with Crippen molar-refractivity contribution in [2.75, 3.05) is 13.1 Å². The Hall–Kier alpha value is -3.12. The number of para-hydroxylation sites is 1. The van der Waals surface area contributed by atoms with E-state index >= 15 is 0 Å². The Balaban J connectivity index is 1.61. The zero-order chi connectivity index (χ0) is 24.2. The molecular weight excluding hydrogens is 460 g/mol. The highest BCUT2D eigenvalue weighted by Crippen LogP contribution is 2.28. The Bertz CT molecular complexity index is 1130. The second-order valence-electron chi connectivity index (χ2n) is 7.59. The molecule has 12 heteroatoms. The lowest BCUT2D eigenvalue weighted by Gasteiger charge is -2.31. The molecule has 0 aromatic heterocycles. The van der Waals surface area contributed by atoms with Gasteiger partial charge in [-0.3, -0.25) is 14.9 Å². The fourth-order valence-electron chi connectivity index (χ4n) is 3.67. The monoisotopic (exact) mass is 483 g/mol. The number of nitro benzene ring substituents is 1. The number of alkyl halides is 2. The minimum atomic E-state index is -3.96. The number of hydrogen-bond donors (Lipinski definition) is 1. The van der Waals surface area contributed by atoms with Crippen LogP contribution in [-0.2, 0) is 21.4 Å². The summed E-state index contributed by atoms with van der Waals surface area (Å²) >= 11 is 0. The first-order valence-corrected chi connectivity index (χ1v) is 11.6. The van der Waals surface area contributed by atoms with Crippen LogP contribution in [0.3, 0.4) is 0 Å². The lowest BCUT2D eigenvalue weighted by molar-refractivity contribution is -0.385. The van der Waals surface area contributed by atoms with Crippen LogP contribution in [0.25, 0.3) is 0 Å². The maximum Gasteiger partial charge on any atom is 0.387 e. The van der Waals surface area contributed by atoms with Gasteiger partial charge in [0, 0.05) is 43.2 Å². The highest BCUT2D eigenvalue weighted by molar-refractivity contribution is 7.89. The van der Waals surface area contributed by atoms with Gasteiger partial charge in [0.05, 0.1) is 9.82 Å². The van der Waals surface area contributed by atoms with Crippen LogP contribution in [0.4, 0.5) is 14.5 Å². The zero-order valence-electron chi connectivity index (χ0n) is 17.7. The number of carbonyl (C=O) groups is 1. The van der Waals surface area contributed by atoms with Gasteiger partial charge in [-0.25, -0.2) is 8.42 Å². The molecule has 0 unspecified atom stereocenters. The van der Waals surface area contributed by atoms with Crippen molar-refractivity contribution in [3.63, 3.8) is 0 Å². The average molecular weight is 483 g/mol. The van der Waals surface area contributed by atoms with E-state index in [9.17, 15) is 32.1 Å². The first-order valence-electron chi connectivity index (χ1n) is 10.1. The molecule has 0 bridgehead atoms.